The highest BCUT2D eigenvalue weighted by molar-refractivity contribution is 5.68. The predicted molar refractivity (Wildman–Crippen MR) is 76.5 cm³/mol. The van der Waals surface area contributed by atoms with Crippen LogP contribution >= 0.6 is 0 Å². The van der Waals surface area contributed by atoms with Crippen molar-refractivity contribution < 1.29 is 14.6 Å². The van der Waals surface area contributed by atoms with Crippen LogP contribution in [0.3, 0.4) is 0 Å². The number of ether oxygens (including phenoxy) is 1. The Balaban J connectivity index is 2.97. The Bertz CT molecular complexity index is 447. The molecule has 1 N–H and O–H groups in total. The van der Waals surface area contributed by atoms with Gasteiger partial charge in [-0.25, -0.2) is 0 Å². The van der Waals surface area contributed by atoms with Gasteiger partial charge in [-0.2, -0.15) is 0 Å². The molecule has 0 spiro atoms. The second kappa shape index (κ2) is 5.74. The summed E-state index contributed by atoms with van der Waals surface area (Å²) in [6, 6.07) is 8.12. The van der Waals surface area contributed by atoms with E-state index in [1.54, 1.807) is 7.11 Å². The normalized spacial score (nSPS) is 12.5. The van der Waals surface area contributed by atoms with Gasteiger partial charge in [0.2, 0.25) is 0 Å². The number of rotatable bonds is 6. The summed E-state index contributed by atoms with van der Waals surface area (Å²) in [5.74, 6) is -0.771. The molecule has 0 aliphatic rings. The molecule has 0 aliphatic carbocycles. The van der Waals surface area contributed by atoms with E-state index in [0.29, 0.717) is 0 Å². The number of carboxylic acids is 1. The lowest BCUT2D eigenvalue weighted by atomic mass is 9.80. The van der Waals surface area contributed by atoms with Gasteiger partial charge in [-0.1, -0.05) is 38.1 Å². The number of carboxylic acid groups (broad SMARTS) is 1. The number of hydrogen-bond donors (Lipinski definition) is 1. The lowest BCUT2D eigenvalue weighted by molar-refractivity contribution is -0.138. The first-order valence-electron chi connectivity index (χ1n) is 6.53. The van der Waals surface area contributed by atoms with Crippen molar-refractivity contribution in [1.82, 2.24) is 0 Å². The summed E-state index contributed by atoms with van der Waals surface area (Å²) in [5.41, 5.74) is 1.65. The first-order chi connectivity index (χ1) is 8.66. The third kappa shape index (κ3) is 4.67. The van der Waals surface area contributed by atoms with Crippen molar-refractivity contribution in [3.05, 3.63) is 35.4 Å². The molecule has 0 aromatic heterocycles. The van der Waals surface area contributed by atoms with Crippen LogP contribution in [0.5, 0.6) is 0 Å². The molecular formula is C16H24O3. The molecule has 0 heterocycles. The van der Waals surface area contributed by atoms with E-state index >= 15 is 0 Å². The van der Waals surface area contributed by atoms with E-state index in [1.807, 2.05) is 39.8 Å². The van der Waals surface area contributed by atoms with Crippen LogP contribution in [0.2, 0.25) is 0 Å². The predicted octanol–water partition coefficient (Wildman–Crippen LogP) is 3.41. The number of hydrogen-bond acceptors (Lipinski definition) is 2. The average Bonchev–Trinajstić information content (AvgIpc) is 2.27. The van der Waals surface area contributed by atoms with Crippen molar-refractivity contribution in [3.63, 3.8) is 0 Å². The molecule has 106 valence electrons. The summed E-state index contributed by atoms with van der Waals surface area (Å²) < 4.78 is 5.44. The highest BCUT2D eigenvalue weighted by Gasteiger charge is 2.25. The molecule has 0 saturated carbocycles. The molecular weight excluding hydrogens is 240 g/mol. The van der Waals surface area contributed by atoms with Crippen LogP contribution in [0.25, 0.3) is 0 Å². The van der Waals surface area contributed by atoms with Gasteiger partial charge < -0.3 is 9.84 Å². The van der Waals surface area contributed by atoms with Gasteiger partial charge in [-0.3, -0.25) is 4.79 Å². The van der Waals surface area contributed by atoms with Gasteiger partial charge in [-0.05, 0) is 25.0 Å². The van der Waals surface area contributed by atoms with Gasteiger partial charge in [0.05, 0.1) is 12.0 Å². The molecule has 0 amide bonds. The molecule has 0 unspecified atom stereocenters. The fourth-order valence-electron chi connectivity index (χ4n) is 2.15. The maximum absolute atomic E-state index is 10.9. The zero-order valence-electron chi connectivity index (χ0n) is 12.5. The Hall–Kier alpha value is -1.35. The van der Waals surface area contributed by atoms with Crippen LogP contribution in [0.1, 0.15) is 45.2 Å². The topological polar surface area (TPSA) is 46.5 Å². The minimum Gasteiger partial charge on any atom is -0.481 e. The lowest BCUT2D eigenvalue weighted by Gasteiger charge is -2.26. The van der Waals surface area contributed by atoms with Crippen LogP contribution in [0.4, 0.5) is 0 Å². The molecule has 3 nitrogen and oxygen atoms in total. The van der Waals surface area contributed by atoms with Gasteiger partial charge in [0.15, 0.2) is 0 Å². The minimum atomic E-state index is -0.771. The smallest absolute Gasteiger partial charge is 0.304 e. The van der Waals surface area contributed by atoms with Crippen molar-refractivity contribution in [3.8, 4) is 0 Å². The summed E-state index contributed by atoms with van der Waals surface area (Å²) >= 11 is 0. The summed E-state index contributed by atoms with van der Waals surface area (Å²) in [6.07, 6.45) is 0.935. The number of carbonyl (C=O) groups is 1. The molecule has 0 bridgehead atoms. The first-order valence-corrected chi connectivity index (χ1v) is 6.53. The van der Waals surface area contributed by atoms with Crippen LogP contribution in [-0.2, 0) is 21.4 Å². The number of aliphatic carboxylic acids is 1. The molecule has 19 heavy (non-hydrogen) atoms. The van der Waals surface area contributed by atoms with Crippen LogP contribution in [-0.4, -0.2) is 23.8 Å². The van der Waals surface area contributed by atoms with E-state index in [-0.39, 0.29) is 17.4 Å². The van der Waals surface area contributed by atoms with Gasteiger partial charge in [0.1, 0.15) is 0 Å². The quantitative estimate of drug-likeness (QED) is 0.856. The summed E-state index contributed by atoms with van der Waals surface area (Å²) in [5, 5.41) is 8.98. The van der Waals surface area contributed by atoms with E-state index in [0.717, 1.165) is 12.0 Å². The Morgan fingerprint density at radius 3 is 2.42 bits per heavy atom. The van der Waals surface area contributed by atoms with E-state index in [2.05, 4.69) is 12.1 Å². The highest BCUT2D eigenvalue weighted by atomic mass is 16.5. The average molecular weight is 264 g/mol. The monoisotopic (exact) mass is 264 g/mol. The summed E-state index contributed by atoms with van der Waals surface area (Å²) in [7, 11) is 1.71. The number of methoxy groups -OCH3 is 1. The SMILES string of the molecule is COC(C)(C)Cc1cccc(C(C)(C)CC(=O)O)c1. The molecule has 0 aliphatic heterocycles. The molecule has 0 fully saturated rings. The van der Waals surface area contributed by atoms with Crippen molar-refractivity contribution >= 4 is 5.97 Å². The Labute approximate surface area is 115 Å². The molecule has 0 saturated heterocycles. The molecule has 1 rings (SSSR count). The zero-order valence-corrected chi connectivity index (χ0v) is 12.5. The first kappa shape index (κ1) is 15.7. The Morgan fingerprint density at radius 1 is 1.26 bits per heavy atom. The fraction of sp³-hybridized carbons (Fsp3) is 0.562. The lowest BCUT2D eigenvalue weighted by Crippen LogP contribution is -2.26. The van der Waals surface area contributed by atoms with Crippen LogP contribution in [0, 0.1) is 0 Å². The van der Waals surface area contributed by atoms with E-state index in [9.17, 15) is 4.79 Å². The third-order valence-corrected chi connectivity index (χ3v) is 3.48. The second-order valence-corrected chi connectivity index (χ2v) is 6.30. The van der Waals surface area contributed by atoms with E-state index in [4.69, 9.17) is 9.84 Å². The maximum Gasteiger partial charge on any atom is 0.304 e. The third-order valence-electron chi connectivity index (χ3n) is 3.48. The van der Waals surface area contributed by atoms with Gasteiger partial charge in [0.25, 0.3) is 0 Å². The van der Waals surface area contributed by atoms with E-state index < -0.39 is 5.97 Å². The number of benzene rings is 1. The van der Waals surface area contributed by atoms with Crippen molar-refractivity contribution in [2.75, 3.05) is 7.11 Å². The van der Waals surface area contributed by atoms with Crippen molar-refractivity contribution in [2.45, 2.75) is 51.6 Å². The van der Waals surface area contributed by atoms with Crippen molar-refractivity contribution in [1.29, 1.82) is 0 Å². The van der Waals surface area contributed by atoms with Gasteiger partial charge >= 0.3 is 5.97 Å². The minimum absolute atomic E-state index is 0.129. The highest BCUT2D eigenvalue weighted by Crippen LogP contribution is 2.28. The standard InChI is InChI=1S/C16H24O3/c1-15(2,11-14(17)18)13-8-6-7-12(9-13)10-16(3,4)19-5/h6-9H,10-11H2,1-5H3,(H,17,18). The molecule has 1 aromatic rings. The van der Waals surface area contributed by atoms with Gasteiger partial charge in [-0.15, -0.1) is 0 Å². The summed E-state index contributed by atoms with van der Waals surface area (Å²) in [6.45, 7) is 8.01. The van der Waals surface area contributed by atoms with E-state index in [1.165, 1.54) is 5.56 Å². The Kier molecular flexibility index (Phi) is 4.75. The van der Waals surface area contributed by atoms with Crippen molar-refractivity contribution in [2.24, 2.45) is 0 Å². The van der Waals surface area contributed by atoms with Crippen LogP contribution < -0.4 is 0 Å². The second-order valence-electron chi connectivity index (χ2n) is 6.30. The van der Waals surface area contributed by atoms with Crippen LogP contribution in [0.15, 0.2) is 24.3 Å². The summed E-state index contributed by atoms with van der Waals surface area (Å²) in [4.78, 5) is 10.9. The van der Waals surface area contributed by atoms with Gasteiger partial charge in [0, 0.05) is 18.9 Å². The zero-order chi connectivity index (χ0) is 14.7. The molecule has 1 aromatic carbocycles. The fourth-order valence-corrected chi connectivity index (χ4v) is 2.15. The molecule has 0 radical (unpaired) electrons. The maximum atomic E-state index is 10.9. The molecule has 0 atom stereocenters. The molecule has 3 heteroatoms. The largest absolute Gasteiger partial charge is 0.481 e. The Morgan fingerprint density at radius 2 is 1.89 bits per heavy atom.